The molecule has 0 saturated heterocycles. The molecule has 0 bridgehead atoms. The van der Waals surface area contributed by atoms with E-state index in [2.05, 4.69) is 0 Å². The first-order chi connectivity index (χ1) is 7.74. The van der Waals surface area contributed by atoms with Gasteiger partial charge in [-0.1, -0.05) is 36.4 Å². The fourth-order valence-electron chi connectivity index (χ4n) is 1.63. The lowest BCUT2D eigenvalue weighted by atomic mass is 10.00. The van der Waals surface area contributed by atoms with Crippen LogP contribution in [0.3, 0.4) is 0 Å². The van der Waals surface area contributed by atoms with Gasteiger partial charge in [-0.15, -0.1) is 0 Å². The molecule has 3 heteroatoms. The van der Waals surface area contributed by atoms with E-state index >= 15 is 0 Å². The SMILES string of the molecule is N#Cc1c(N)ccc(-c2ccccc2)c1N. The van der Waals surface area contributed by atoms with Crippen LogP contribution in [0, 0.1) is 11.3 Å². The molecule has 0 amide bonds. The molecule has 0 aromatic heterocycles. The van der Waals surface area contributed by atoms with E-state index < -0.39 is 0 Å². The van der Waals surface area contributed by atoms with Crippen molar-refractivity contribution in [1.29, 1.82) is 5.26 Å². The summed E-state index contributed by atoms with van der Waals surface area (Å²) in [5, 5.41) is 8.96. The van der Waals surface area contributed by atoms with Crippen LogP contribution in [0.1, 0.15) is 5.56 Å². The van der Waals surface area contributed by atoms with Crippen LogP contribution in [-0.2, 0) is 0 Å². The molecule has 0 heterocycles. The second kappa shape index (κ2) is 3.95. The number of nitrogens with zero attached hydrogens (tertiary/aromatic N) is 1. The zero-order chi connectivity index (χ0) is 11.5. The third kappa shape index (κ3) is 1.57. The Morgan fingerprint density at radius 3 is 2.25 bits per heavy atom. The first kappa shape index (κ1) is 10.1. The predicted octanol–water partition coefficient (Wildman–Crippen LogP) is 2.39. The number of nitrogens with two attached hydrogens (primary N) is 2. The number of benzene rings is 2. The van der Waals surface area contributed by atoms with Gasteiger partial charge in [-0.25, -0.2) is 0 Å². The average molecular weight is 209 g/mol. The lowest BCUT2D eigenvalue weighted by Gasteiger charge is -2.08. The molecule has 16 heavy (non-hydrogen) atoms. The van der Waals surface area contributed by atoms with Crippen LogP contribution in [0.25, 0.3) is 11.1 Å². The number of rotatable bonds is 1. The Bertz CT molecular complexity index is 553. The van der Waals surface area contributed by atoms with Crippen molar-refractivity contribution in [2.45, 2.75) is 0 Å². The van der Waals surface area contributed by atoms with Gasteiger partial charge in [0.15, 0.2) is 0 Å². The van der Waals surface area contributed by atoms with Gasteiger partial charge in [0.25, 0.3) is 0 Å². The normalized spacial score (nSPS) is 9.69. The Hall–Kier alpha value is -2.47. The minimum atomic E-state index is 0.348. The topological polar surface area (TPSA) is 75.8 Å². The van der Waals surface area contributed by atoms with Crippen LogP contribution in [0.15, 0.2) is 42.5 Å². The van der Waals surface area contributed by atoms with Crippen molar-refractivity contribution >= 4 is 11.4 Å². The highest BCUT2D eigenvalue weighted by atomic mass is 14.6. The lowest BCUT2D eigenvalue weighted by molar-refractivity contribution is 1.48. The van der Waals surface area contributed by atoms with E-state index in [1.54, 1.807) is 6.07 Å². The number of nitriles is 1. The Labute approximate surface area is 93.9 Å². The minimum absolute atomic E-state index is 0.348. The summed E-state index contributed by atoms with van der Waals surface area (Å²) in [7, 11) is 0. The van der Waals surface area contributed by atoms with E-state index in [1.807, 2.05) is 42.5 Å². The van der Waals surface area contributed by atoms with Gasteiger partial charge in [-0.2, -0.15) is 5.26 Å². The van der Waals surface area contributed by atoms with Gasteiger partial charge in [-0.05, 0) is 11.6 Å². The third-order valence-corrected chi connectivity index (χ3v) is 2.47. The van der Waals surface area contributed by atoms with Crippen LogP contribution in [0.5, 0.6) is 0 Å². The number of nitrogen functional groups attached to an aromatic ring is 2. The van der Waals surface area contributed by atoms with Crippen LogP contribution in [0.2, 0.25) is 0 Å². The number of hydrogen-bond acceptors (Lipinski definition) is 3. The number of anilines is 2. The van der Waals surface area contributed by atoms with Crippen LogP contribution in [0.4, 0.5) is 11.4 Å². The minimum Gasteiger partial charge on any atom is -0.398 e. The molecule has 0 radical (unpaired) electrons. The van der Waals surface area contributed by atoms with Crippen molar-refractivity contribution in [3.05, 3.63) is 48.0 Å². The lowest BCUT2D eigenvalue weighted by Crippen LogP contribution is -1.99. The van der Waals surface area contributed by atoms with Gasteiger partial charge in [0, 0.05) is 5.56 Å². The summed E-state index contributed by atoms with van der Waals surface area (Å²) in [5.41, 5.74) is 14.6. The third-order valence-electron chi connectivity index (χ3n) is 2.47. The van der Waals surface area contributed by atoms with E-state index in [9.17, 15) is 0 Å². The van der Waals surface area contributed by atoms with Gasteiger partial charge in [-0.3, -0.25) is 0 Å². The first-order valence-corrected chi connectivity index (χ1v) is 4.87. The summed E-state index contributed by atoms with van der Waals surface area (Å²) in [6.07, 6.45) is 0. The summed E-state index contributed by atoms with van der Waals surface area (Å²) < 4.78 is 0. The summed E-state index contributed by atoms with van der Waals surface area (Å²) >= 11 is 0. The molecule has 2 aromatic carbocycles. The zero-order valence-corrected chi connectivity index (χ0v) is 8.64. The van der Waals surface area contributed by atoms with Crippen molar-refractivity contribution in [1.82, 2.24) is 0 Å². The summed E-state index contributed by atoms with van der Waals surface area (Å²) in [4.78, 5) is 0. The number of hydrogen-bond donors (Lipinski definition) is 2. The molecule has 0 atom stereocenters. The summed E-state index contributed by atoms with van der Waals surface area (Å²) in [6.45, 7) is 0. The highest BCUT2D eigenvalue weighted by Crippen LogP contribution is 2.31. The molecule has 3 nitrogen and oxygen atoms in total. The molecule has 0 saturated carbocycles. The Kier molecular flexibility index (Phi) is 2.49. The Morgan fingerprint density at radius 1 is 0.938 bits per heavy atom. The van der Waals surface area contributed by atoms with E-state index in [4.69, 9.17) is 16.7 Å². The van der Waals surface area contributed by atoms with Gasteiger partial charge in [0.2, 0.25) is 0 Å². The largest absolute Gasteiger partial charge is 0.398 e. The molecule has 2 rings (SSSR count). The Morgan fingerprint density at radius 2 is 1.62 bits per heavy atom. The standard InChI is InChI=1S/C13H11N3/c14-8-11-12(15)7-6-10(13(11)16)9-4-2-1-3-5-9/h1-7H,15-16H2. The molecular weight excluding hydrogens is 198 g/mol. The van der Waals surface area contributed by atoms with E-state index in [0.717, 1.165) is 11.1 Å². The summed E-state index contributed by atoms with van der Waals surface area (Å²) in [5.74, 6) is 0. The van der Waals surface area contributed by atoms with Crippen LogP contribution in [-0.4, -0.2) is 0 Å². The Balaban J connectivity index is 2.65. The van der Waals surface area contributed by atoms with E-state index in [0.29, 0.717) is 16.9 Å². The van der Waals surface area contributed by atoms with Crippen molar-refractivity contribution in [2.75, 3.05) is 11.5 Å². The molecule has 0 aliphatic rings. The van der Waals surface area contributed by atoms with Crippen molar-refractivity contribution in [2.24, 2.45) is 0 Å². The molecule has 4 N–H and O–H groups in total. The van der Waals surface area contributed by atoms with Crippen molar-refractivity contribution < 1.29 is 0 Å². The van der Waals surface area contributed by atoms with E-state index in [-0.39, 0.29) is 0 Å². The second-order valence-corrected chi connectivity index (χ2v) is 3.47. The fourth-order valence-corrected chi connectivity index (χ4v) is 1.63. The van der Waals surface area contributed by atoms with Gasteiger partial charge in [0.1, 0.15) is 6.07 Å². The summed E-state index contributed by atoms with van der Waals surface area (Å²) in [6, 6.07) is 15.2. The molecule has 2 aromatic rings. The predicted molar refractivity (Wildman–Crippen MR) is 65.4 cm³/mol. The zero-order valence-electron chi connectivity index (χ0n) is 8.64. The monoisotopic (exact) mass is 209 g/mol. The smallest absolute Gasteiger partial charge is 0.104 e. The first-order valence-electron chi connectivity index (χ1n) is 4.87. The quantitative estimate of drug-likeness (QED) is 0.708. The molecule has 78 valence electrons. The van der Waals surface area contributed by atoms with E-state index in [1.165, 1.54) is 0 Å². The average Bonchev–Trinajstić information content (AvgIpc) is 2.31. The van der Waals surface area contributed by atoms with Crippen molar-refractivity contribution in [3.8, 4) is 17.2 Å². The van der Waals surface area contributed by atoms with Crippen LogP contribution < -0.4 is 11.5 Å². The fraction of sp³-hybridized carbons (Fsp3) is 0. The van der Waals surface area contributed by atoms with Gasteiger partial charge >= 0.3 is 0 Å². The molecular formula is C13H11N3. The highest BCUT2D eigenvalue weighted by molar-refractivity contribution is 5.84. The molecule has 0 spiro atoms. The second-order valence-electron chi connectivity index (χ2n) is 3.47. The molecule has 0 aliphatic carbocycles. The maximum absolute atomic E-state index is 8.96. The molecule has 0 aliphatic heterocycles. The van der Waals surface area contributed by atoms with Gasteiger partial charge in [0.05, 0.1) is 16.9 Å². The maximum Gasteiger partial charge on any atom is 0.104 e. The van der Waals surface area contributed by atoms with Gasteiger partial charge < -0.3 is 11.5 Å². The molecule has 0 fully saturated rings. The van der Waals surface area contributed by atoms with Crippen LogP contribution >= 0.6 is 0 Å². The van der Waals surface area contributed by atoms with Crippen molar-refractivity contribution in [3.63, 3.8) is 0 Å². The molecule has 0 unspecified atom stereocenters. The highest BCUT2D eigenvalue weighted by Gasteiger charge is 2.09. The maximum atomic E-state index is 8.96.